The van der Waals surface area contributed by atoms with E-state index in [2.05, 4.69) is 17.1 Å². The number of halogens is 1. The van der Waals surface area contributed by atoms with E-state index in [9.17, 15) is 0 Å². The summed E-state index contributed by atoms with van der Waals surface area (Å²) in [4.78, 5) is 4.43. The topological polar surface area (TPSA) is 12.9 Å². The number of hydrogen-bond donors (Lipinski definition) is 0. The van der Waals surface area contributed by atoms with Crippen LogP contribution in [-0.2, 0) is 6.42 Å². The van der Waals surface area contributed by atoms with Gasteiger partial charge in [0.15, 0.2) is 0 Å². The van der Waals surface area contributed by atoms with Gasteiger partial charge in [-0.05, 0) is 80.2 Å². The van der Waals surface area contributed by atoms with Crippen LogP contribution in [0.1, 0.15) is 50.6 Å². The molecule has 0 amide bonds. The summed E-state index contributed by atoms with van der Waals surface area (Å²) in [7, 11) is 0. The summed E-state index contributed by atoms with van der Waals surface area (Å²) in [5, 5.41) is 0.265. The van der Waals surface area contributed by atoms with Crippen molar-refractivity contribution in [3.05, 3.63) is 30.1 Å². The van der Waals surface area contributed by atoms with Crippen molar-refractivity contribution in [3.63, 3.8) is 0 Å². The molecule has 108 valence electrons. The van der Waals surface area contributed by atoms with Crippen molar-refractivity contribution in [1.82, 2.24) is 4.98 Å². The van der Waals surface area contributed by atoms with Gasteiger partial charge in [0.1, 0.15) is 0 Å². The quantitative estimate of drug-likeness (QED) is 0.723. The molecule has 2 heteroatoms. The van der Waals surface area contributed by atoms with E-state index in [0.717, 1.165) is 29.9 Å². The predicted molar refractivity (Wildman–Crippen MR) is 82.8 cm³/mol. The molecule has 0 radical (unpaired) electrons. The molecule has 1 unspecified atom stereocenters. The van der Waals surface area contributed by atoms with Gasteiger partial charge >= 0.3 is 0 Å². The third-order valence-electron chi connectivity index (χ3n) is 5.98. The van der Waals surface area contributed by atoms with Crippen molar-refractivity contribution in [1.29, 1.82) is 0 Å². The summed E-state index contributed by atoms with van der Waals surface area (Å²) in [5.74, 6) is 3.08. The van der Waals surface area contributed by atoms with E-state index in [1.54, 1.807) is 0 Å². The first-order chi connectivity index (χ1) is 9.71. The molecular formula is C18H24ClN. The first-order valence-electron chi connectivity index (χ1n) is 8.25. The predicted octanol–water partition coefficient (Wildman–Crippen LogP) is 4.84. The molecule has 4 aliphatic rings. The molecule has 20 heavy (non-hydrogen) atoms. The molecule has 1 aromatic rings. The van der Waals surface area contributed by atoms with Crippen LogP contribution in [0.5, 0.6) is 0 Å². The van der Waals surface area contributed by atoms with Gasteiger partial charge in [-0.25, -0.2) is 0 Å². The fraction of sp³-hybridized carbons (Fsp3) is 0.722. The molecule has 0 spiro atoms. The molecule has 4 aliphatic carbocycles. The lowest BCUT2D eigenvalue weighted by molar-refractivity contribution is -0.0574. The summed E-state index contributed by atoms with van der Waals surface area (Å²) in [6.07, 6.45) is 13.0. The van der Waals surface area contributed by atoms with Crippen LogP contribution in [0.3, 0.4) is 0 Å². The van der Waals surface area contributed by atoms with E-state index in [0.29, 0.717) is 5.41 Å². The second kappa shape index (κ2) is 5.02. The summed E-state index contributed by atoms with van der Waals surface area (Å²) < 4.78 is 0. The molecule has 0 aliphatic heterocycles. The van der Waals surface area contributed by atoms with E-state index in [4.69, 9.17) is 11.6 Å². The summed E-state index contributed by atoms with van der Waals surface area (Å²) in [5.41, 5.74) is 1.74. The maximum atomic E-state index is 6.71. The molecule has 0 aromatic carbocycles. The molecular weight excluding hydrogens is 266 g/mol. The zero-order chi connectivity index (χ0) is 13.6. The Morgan fingerprint density at radius 2 is 1.75 bits per heavy atom. The minimum Gasteiger partial charge on any atom is -0.261 e. The number of rotatable bonds is 4. The van der Waals surface area contributed by atoms with Gasteiger partial charge < -0.3 is 0 Å². The molecule has 1 aromatic heterocycles. The standard InChI is InChI=1S/C18H24ClN/c19-16(8-17-3-1-2-4-20-17)12-18-9-13-5-14(10-18)7-15(6-13)11-18/h1-4,13-16H,5-12H2. The lowest BCUT2D eigenvalue weighted by Gasteiger charge is -2.57. The molecule has 1 heterocycles. The molecule has 4 saturated carbocycles. The van der Waals surface area contributed by atoms with Gasteiger partial charge in [-0.15, -0.1) is 11.6 Å². The highest BCUT2D eigenvalue weighted by Gasteiger charge is 2.51. The Balaban J connectivity index is 1.43. The van der Waals surface area contributed by atoms with E-state index in [1.165, 1.54) is 44.9 Å². The summed E-state index contributed by atoms with van der Waals surface area (Å²) in [6, 6.07) is 6.15. The van der Waals surface area contributed by atoms with Gasteiger partial charge in [0, 0.05) is 23.7 Å². The van der Waals surface area contributed by atoms with Crippen molar-refractivity contribution in [3.8, 4) is 0 Å². The first-order valence-corrected chi connectivity index (χ1v) is 8.68. The van der Waals surface area contributed by atoms with Crippen LogP contribution in [0.15, 0.2) is 24.4 Å². The van der Waals surface area contributed by atoms with Crippen LogP contribution in [0, 0.1) is 23.2 Å². The Morgan fingerprint density at radius 1 is 1.10 bits per heavy atom. The van der Waals surface area contributed by atoms with Crippen LogP contribution < -0.4 is 0 Å². The van der Waals surface area contributed by atoms with Gasteiger partial charge in [-0.1, -0.05) is 6.07 Å². The number of hydrogen-bond acceptors (Lipinski definition) is 1. The molecule has 5 rings (SSSR count). The van der Waals surface area contributed by atoms with Crippen LogP contribution in [-0.4, -0.2) is 10.4 Å². The first kappa shape index (κ1) is 13.1. The van der Waals surface area contributed by atoms with Gasteiger partial charge in [0.2, 0.25) is 0 Å². The zero-order valence-electron chi connectivity index (χ0n) is 12.1. The van der Waals surface area contributed by atoms with Crippen LogP contribution >= 0.6 is 11.6 Å². The molecule has 4 bridgehead atoms. The molecule has 1 nitrogen and oxygen atoms in total. The van der Waals surface area contributed by atoms with E-state index in [1.807, 2.05) is 12.3 Å². The fourth-order valence-corrected chi connectivity index (χ4v) is 6.31. The zero-order valence-corrected chi connectivity index (χ0v) is 12.9. The average molecular weight is 290 g/mol. The molecule has 1 atom stereocenters. The van der Waals surface area contributed by atoms with Crippen molar-refractivity contribution < 1.29 is 0 Å². The molecule has 4 fully saturated rings. The summed E-state index contributed by atoms with van der Waals surface area (Å²) >= 11 is 6.71. The number of nitrogens with zero attached hydrogens (tertiary/aromatic N) is 1. The maximum absolute atomic E-state index is 6.71. The fourth-order valence-electron chi connectivity index (χ4n) is 5.83. The second-order valence-electron chi connectivity index (χ2n) is 7.74. The summed E-state index contributed by atoms with van der Waals surface area (Å²) in [6.45, 7) is 0. The SMILES string of the molecule is ClC(Cc1ccccn1)CC12CC3CC(CC(C3)C1)C2. The Morgan fingerprint density at radius 3 is 2.30 bits per heavy atom. The third-order valence-corrected chi connectivity index (χ3v) is 6.28. The Hall–Kier alpha value is -0.560. The maximum Gasteiger partial charge on any atom is 0.0418 e. The van der Waals surface area contributed by atoms with Crippen molar-refractivity contribution in [2.45, 2.75) is 56.7 Å². The van der Waals surface area contributed by atoms with Crippen molar-refractivity contribution >= 4 is 11.6 Å². The Kier molecular flexibility index (Phi) is 3.29. The van der Waals surface area contributed by atoms with Gasteiger partial charge in [-0.2, -0.15) is 0 Å². The molecule has 0 saturated heterocycles. The average Bonchev–Trinajstić information content (AvgIpc) is 2.37. The van der Waals surface area contributed by atoms with Crippen LogP contribution in [0.4, 0.5) is 0 Å². The highest BCUT2D eigenvalue weighted by Crippen LogP contribution is 2.61. The lowest BCUT2D eigenvalue weighted by Crippen LogP contribution is -2.47. The van der Waals surface area contributed by atoms with E-state index < -0.39 is 0 Å². The number of alkyl halides is 1. The van der Waals surface area contributed by atoms with Gasteiger partial charge in [-0.3, -0.25) is 4.98 Å². The van der Waals surface area contributed by atoms with Gasteiger partial charge in [0.05, 0.1) is 0 Å². The highest BCUT2D eigenvalue weighted by atomic mass is 35.5. The minimum atomic E-state index is 0.265. The normalized spacial score (nSPS) is 40.0. The smallest absolute Gasteiger partial charge is 0.0418 e. The minimum absolute atomic E-state index is 0.265. The van der Waals surface area contributed by atoms with Gasteiger partial charge in [0.25, 0.3) is 0 Å². The Bertz CT molecular complexity index is 434. The Labute approximate surface area is 127 Å². The largest absolute Gasteiger partial charge is 0.261 e. The number of pyridine rings is 1. The van der Waals surface area contributed by atoms with E-state index >= 15 is 0 Å². The molecule has 0 N–H and O–H groups in total. The third kappa shape index (κ3) is 2.50. The monoisotopic (exact) mass is 289 g/mol. The number of aromatic nitrogens is 1. The lowest BCUT2D eigenvalue weighted by atomic mass is 9.48. The van der Waals surface area contributed by atoms with E-state index in [-0.39, 0.29) is 5.38 Å². The van der Waals surface area contributed by atoms with Crippen molar-refractivity contribution in [2.24, 2.45) is 23.2 Å². The van der Waals surface area contributed by atoms with Crippen LogP contribution in [0.25, 0.3) is 0 Å². The highest BCUT2D eigenvalue weighted by molar-refractivity contribution is 6.20. The van der Waals surface area contributed by atoms with Crippen LogP contribution in [0.2, 0.25) is 0 Å². The van der Waals surface area contributed by atoms with Crippen molar-refractivity contribution in [2.75, 3.05) is 0 Å². The second-order valence-corrected chi connectivity index (χ2v) is 8.36.